The van der Waals surface area contributed by atoms with Crippen molar-refractivity contribution >= 4 is 11.7 Å². The van der Waals surface area contributed by atoms with Gasteiger partial charge in [0.15, 0.2) is 11.5 Å². The first-order chi connectivity index (χ1) is 11.5. The van der Waals surface area contributed by atoms with Crippen molar-refractivity contribution in [2.45, 2.75) is 0 Å². The van der Waals surface area contributed by atoms with Crippen LogP contribution in [0.2, 0.25) is 0 Å². The van der Waals surface area contributed by atoms with E-state index in [1.807, 2.05) is 43.3 Å². The SMILES string of the molecule is COc1ccccc1OCCN(C)C(=O)c1cccnc1N(C)C. The fraction of sp³-hybridized carbons (Fsp3) is 0.333. The molecule has 1 aromatic heterocycles. The minimum absolute atomic E-state index is 0.0876. The monoisotopic (exact) mass is 329 g/mol. The average molecular weight is 329 g/mol. The number of carbonyl (C=O) groups excluding carboxylic acids is 1. The number of benzene rings is 1. The van der Waals surface area contributed by atoms with Gasteiger partial charge >= 0.3 is 0 Å². The molecule has 128 valence electrons. The molecule has 0 saturated heterocycles. The first-order valence-electron chi connectivity index (χ1n) is 7.68. The van der Waals surface area contributed by atoms with E-state index in [4.69, 9.17) is 9.47 Å². The van der Waals surface area contributed by atoms with E-state index in [9.17, 15) is 4.79 Å². The molecule has 0 aliphatic heterocycles. The molecule has 6 heteroatoms. The number of nitrogens with zero attached hydrogens (tertiary/aromatic N) is 3. The van der Waals surface area contributed by atoms with E-state index in [0.29, 0.717) is 36.0 Å². The maximum Gasteiger partial charge on any atom is 0.257 e. The molecule has 0 unspecified atom stereocenters. The quantitative estimate of drug-likeness (QED) is 0.780. The number of hydrogen-bond donors (Lipinski definition) is 0. The zero-order valence-corrected chi connectivity index (χ0v) is 14.5. The van der Waals surface area contributed by atoms with Gasteiger partial charge in [0.05, 0.1) is 19.2 Å². The second-order valence-corrected chi connectivity index (χ2v) is 5.50. The van der Waals surface area contributed by atoms with Gasteiger partial charge in [-0.15, -0.1) is 0 Å². The van der Waals surface area contributed by atoms with Crippen molar-refractivity contribution in [1.29, 1.82) is 0 Å². The molecular formula is C18H23N3O3. The second-order valence-electron chi connectivity index (χ2n) is 5.50. The van der Waals surface area contributed by atoms with Crippen molar-refractivity contribution in [3.05, 3.63) is 48.2 Å². The van der Waals surface area contributed by atoms with Crippen molar-refractivity contribution in [2.75, 3.05) is 46.3 Å². The summed E-state index contributed by atoms with van der Waals surface area (Å²) in [6.07, 6.45) is 1.68. The summed E-state index contributed by atoms with van der Waals surface area (Å²) in [6.45, 7) is 0.832. The summed E-state index contributed by atoms with van der Waals surface area (Å²) in [5.74, 6) is 1.90. The van der Waals surface area contributed by atoms with Gasteiger partial charge < -0.3 is 19.3 Å². The summed E-state index contributed by atoms with van der Waals surface area (Å²) in [7, 11) is 7.08. The summed E-state index contributed by atoms with van der Waals surface area (Å²) in [5.41, 5.74) is 0.572. The van der Waals surface area contributed by atoms with Crippen molar-refractivity contribution < 1.29 is 14.3 Å². The first kappa shape index (κ1) is 17.6. The van der Waals surface area contributed by atoms with E-state index in [1.54, 1.807) is 37.4 Å². The Labute approximate surface area is 142 Å². The molecule has 6 nitrogen and oxygen atoms in total. The van der Waals surface area contributed by atoms with Gasteiger partial charge in [-0.1, -0.05) is 12.1 Å². The summed E-state index contributed by atoms with van der Waals surface area (Å²) < 4.78 is 11.0. The van der Waals surface area contributed by atoms with Crippen molar-refractivity contribution in [2.24, 2.45) is 0 Å². The van der Waals surface area contributed by atoms with Crippen LogP contribution >= 0.6 is 0 Å². The predicted molar refractivity (Wildman–Crippen MR) is 94.0 cm³/mol. The maximum atomic E-state index is 12.6. The van der Waals surface area contributed by atoms with Gasteiger partial charge in [0, 0.05) is 27.3 Å². The Morgan fingerprint density at radius 1 is 1.08 bits per heavy atom. The number of anilines is 1. The third-order valence-corrected chi connectivity index (χ3v) is 3.54. The number of pyridine rings is 1. The van der Waals surface area contributed by atoms with Gasteiger partial charge in [0.1, 0.15) is 12.4 Å². The number of para-hydroxylation sites is 2. The lowest BCUT2D eigenvalue weighted by Crippen LogP contribution is -2.32. The summed E-state index contributed by atoms with van der Waals surface area (Å²) in [4.78, 5) is 20.3. The van der Waals surface area contributed by atoms with Crippen LogP contribution in [0.5, 0.6) is 11.5 Å². The third-order valence-electron chi connectivity index (χ3n) is 3.54. The molecule has 0 radical (unpaired) electrons. The molecule has 0 N–H and O–H groups in total. The van der Waals surface area contributed by atoms with Gasteiger partial charge in [0.25, 0.3) is 5.91 Å². The maximum absolute atomic E-state index is 12.6. The van der Waals surface area contributed by atoms with Crippen LogP contribution in [0.25, 0.3) is 0 Å². The Balaban J connectivity index is 1.98. The van der Waals surface area contributed by atoms with Crippen LogP contribution < -0.4 is 14.4 Å². The second kappa shape index (κ2) is 8.19. The Hall–Kier alpha value is -2.76. The Kier molecular flexibility index (Phi) is 6.01. The molecular weight excluding hydrogens is 306 g/mol. The molecule has 0 bridgehead atoms. The smallest absolute Gasteiger partial charge is 0.257 e. The van der Waals surface area contributed by atoms with E-state index in [-0.39, 0.29) is 5.91 Å². The van der Waals surface area contributed by atoms with E-state index < -0.39 is 0 Å². The summed E-state index contributed by atoms with van der Waals surface area (Å²) in [6, 6.07) is 11.0. The molecule has 0 atom stereocenters. The number of likely N-dealkylation sites (N-methyl/N-ethyl adjacent to an activating group) is 1. The summed E-state index contributed by atoms with van der Waals surface area (Å²) in [5, 5.41) is 0. The van der Waals surface area contributed by atoms with E-state index in [1.165, 1.54) is 0 Å². The van der Waals surface area contributed by atoms with Crippen LogP contribution in [-0.2, 0) is 0 Å². The van der Waals surface area contributed by atoms with E-state index in [2.05, 4.69) is 4.98 Å². The number of amides is 1. The minimum Gasteiger partial charge on any atom is -0.493 e. The van der Waals surface area contributed by atoms with E-state index >= 15 is 0 Å². The lowest BCUT2D eigenvalue weighted by atomic mass is 10.2. The number of aromatic nitrogens is 1. The van der Waals surface area contributed by atoms with Gasteiger partial charge in [-0.05, 0) is 24.3 Å². The largest absolute Gasteiger partial charge is 0.493 e. The molecule has 1 heterocycles. The van der Waals surface area contributed by atoms with Crippen LogP contribution in [0.4, 0.5) is 5.82 Å². The van der Waals surface area contributed by atoms with Gasteiger partial charge in [0.2, 0.25) is 0 Å². The van der Waals surface area contributed by atoms with Crippen LogP contribution in [0.1, 0.15) is 10.4 Å². The fourth-order valence-electron chi connectivity index (χ4n) is 2.26. The molecule has 1 amide bonds. The van der Waals surface area contributed by atoms with Crippen molar-refractivity contribution in [3.8, 4) is 11.5 Å². The number of hydrogen-bond acceptors (Lipinski definition) is 5. The topological polar surface area (TPSA) is 54.9 Å². The van der Waals surface area contributed by atoms with Crippen molar-refractivity contribution in [1.82, 2.24) is 9.88 Å². The highest BCUT2D eigenvalue weighted by atomic mass is 16.5. The van der Waals surface area contributed by atoms with Gasteiger partial charge in [-0.25, -0.2) is 4.98 Å². The first-order valence-corrected chi connectivity index (χ1v) is 7.68. The molecule has 1 aromatic carbocycles. The lowest BCUT2D eigenvalue weighted by Gasteiger charge is -2.21. The molecule has 2 aromatic rings. The highest BCUT2D eigenvalue weighted by molar-refractivity contribution is 5.98. The Bertz CT molecular complexity index is 689. The molecule has 0 spiro atoms. The zero-order chi connectivity index (χ0) is 17.5. The summed E-state index contributed by atoms with van der Waals surface area (Å²) >= 11 is 0. The highest BCUT2D eigenvalue weighted by Crippen LogP contribution is 2.25. The number of ether oxygens (including phenoxy) is 2. The molecule has 0 fully saturated rings. The molecule has 24 heavy (non-hydrogen) atoms. The lowest BCUT2D eigenvalue weighted by molar-refractivity contribution is 0.0773. The zero-order valence-electron chi connectivity index (χ0n) is 14.5. The minimum atomic E-state index is -0.0876. The van der Waals surface area contributed by atoms with Crippen LogP contribution in [-0.4, -0.2) is 57.2 Å². The number of carbonyl (C=O) groups is 1. The van der Waals surface area contributed by atoms with Gasteiger partial charge in [-0.3, -0.25) is 4.79 Å². The predicted octanol–water partition coefficient (Wildman–Crippen LogP) is 2.31. The molecule has 2 rings (SSSR count). The number of rotatable bonds is 7. The average Bonchev–Trinajstić information content (AvgIpc) is 2.61. The normalized spacial score (nSPS) is 10.2. The fourth-order valence-corrected chi connectivity index (χ4v) is 2.26. The third kappa shape index (κ3) is 4.16. The molecule has 0 aliphatic carbocycles. The molecule has 0 saturated carbocycles. The highest BCUT2D eigenvalue weighted by Gasteiger charge is 2.17. The van der Waals surface area contributed by atoms with Crippen LogP contribution in [0.3, 0.4) is 0 Å². The van der Waals surface area contributed by atoms with Crippen LogP contribution in [0.15, 0.2) is 42.6 Å². The Morgan fingerprint density at radius 2 is 1.79 bits per heavy atom. The number of methoxy groups -OCH3 is 1. The van der Waals surface area contributed by atoms with Gasteiger partial charge in [-0.2, -0.15) is 0 Å². The van der Waals surface area contributed by atoms with Crippen LogP contribution in [0, 0.1) is 0 Å². The standard InChI is InChI=1S/C18H23N3O3/c1-20(2)17-14(8-7-11-19-17)18(22)21(3)12-13-24-16-10-6-5-9-15(16)23-4/h5-11H,12-13H2,1-4H3. The van der Waals surface area contributed by atoms with Crippen molar-refractivity contribution in [3.63, 3.8) is 0 Å². The Morgan fingerprint density at radius 3 is 2.46 bits per heavy atom. The molecule has 0 aliphatic rings. The van der Waals surface area contributed by atoms with E-state index in [0.717, 1.165) is 0 Å².